The highest BCUT2D eigenvalue weighted by atomic mass is 19.1. The SMILES string of the molecule is CCCCN1CNC(c2ccc(C)c(F)c2)=CN1. The third-order valence-electron chi connectivity index (χ3n) is 3.12. The molecule has 2 rings (SSSR count). The summed E-state index contributed by atoms with van der Waals surface area (Å²) in [6.45, 7) is 5.69. The van der Waals surface area contributed by atoms with E-state index in [0.29, 0.717) is 5.56 Å². The van der Waals surface area contributed by atoms with Gasteiger partial charge in [0, 0.05) is 18.3 Å². The molecule has 98 valence electrons. The summed E-state index contributed by atoms with van der Waals surface area (Å²) in [5, 5.41) is 5.41. The summed E-state index contributed by atoms with van der Waals surface area (Å²) in [5.74, 6) is -0.163. The van der Waals surface area contributed by atoms with Crippen molar-refractivity contribution in [3.63, 3.8) is 0 Å². The van der Waals surface area contributed by atoms with Crippen LogP contribution in [0.2, 0.25) is 0 Å². The monoisotopic (exact) mass is 249 g/mol. The maximum Gasteiger partial charge on any atom is 0.126 e. The fourth-order valence-electron chi connectivity index (χ4n) is 1.87. The van der Waals surface area contributed by atoms with Gasteiger partial charge in [-0.05, 0) is 25.0 Å². The molecule has 0 fully saturated rings. The fourth-order valence-corrected chi connectivity index (χ4v) is 1.87. The highest BCUT2D eigenvalue weighted by Gasteiger charge is 2.11. The summed E-state index contributed by atoms with van der Waals surface area (Å²) >= 11 is 0. The molecule has 0 radical (unpaired) electrons. The highest BCUT2D eigenvalue weighted by Crippen LogP contribution is 2.16. The number of halogens is 1. The molecule has 4 heteroatoms. The number of hydrazine groups is 1. The zero-order chi connectivity index (χ0) is 13.0. The summed E-state index contributed by atoms with van der Waals surface area (Å²) in [5.41, 5.74) is 5.70. The van der Waals surface area contributed by atoms with E-state index in [4.69, 9.17) is 0 Å². The Morgan fingerprint density at radius 3 is 2.83 bits per heavy atom. The van der Waals surface area contributed by atoms with Gasteiger partial charge < -0.3 is 10.7 Å². The maximum absolute atomic E-state index is 13.5. The van der Waals surface area contributed by atoms with Crippen LogP contribution in [-0.2, 0) is 0 Å². The Bertz CT molecular complexity index is 443. The molecule has 1 heterocycles. The molecule has 1 aromatic carbocycles. The van der Waals surface area contributed by atoms with Crippen molar-refractivity contribution in [2.75, 3.05) is 13.2 Å². The van der Waals surface area contributed by atoms with E-state index >= 15 is 0 Å². The van der Waals surface area contributed by atoms with E-state index in [1.54, 1.807) is 19.1 Å². The number of aryl methyl sites for hydroxylation is 1. The summed E-state index contributed by atoms with van der Waals surface area (Å²) in [6, 6.07) is 5.30. The van der Waals surface area contributed by atoms with Crippen LogP contribution in [0, 0.1) is 12.7 Å². The normalized spacial score (nSPS) is 15.8. The van der Waals surface area contributed by atoms with Crippen LogP contribution in [0.25, 0.3) is 5.70 Å². The number of benzene rings is 1. The summed E-state index contributed by atoms with van der Waals surface area (Å²) < 4.78 is 13.5. The first-order valence-corrected chi connectivity index (χ1v) is 6.42. The first kappa shape index (κ1) is 12.9. The van der Waals surface area contributed by atoms with Crippen LogP contribution < -0.4 is 10.7 Å². The third kappa shape index (κ3) is 3.01. The third-order valence-corrected chi connectivity index (χ3v) is 3.12. The second-order valence-electron chi connectivity index (χ2n) is 4.60. The summed E-state index contributed by atoms with van der Waals surface area (Å²) in [7, 11) is 0. The van der Waals surface area contributed by atoms with Gasteiger partial charge >= 0.3 is 0 Å². The van der Waals surface area contributed by atoms with Crippen molar-refractivity contribution in [3.05, 3.63) is 41.3 Å². The van der Waals surface area contributed by atoms with Crippen LogP contribution >= 0.6 is 0 Å². The second-order valence-corrected chi connectivity index (χ2v) is 4.60. The van der Waals surface area contributed by atoms with E-state index in [-0.39, 0.29) is 5.82 Å². The first-order chi connectivity index (χ1) is 8.70. The molecule has 0 unspecified atom stereocenters. The van der Waals surface area contributed by atoms with Gasteiger partial charge in [0.2, 0.25) is 0 Å². The maximum atomic E-state index is 13.5. The molecule has 0 spiro atoms. The minimum atomic E-state index is -0.163. The van der Waals surface area contributed by atoms with Gasteiger partial charge in [0.1, 0.15) is 5.82 Å². The van der Waals surface area contributed by atoms with E-state index in [9.17, 15) is 4.39 Å². The number of unbranched alkanes of at least 4 members (excludes halogenated alkanes) is 1. The Labute approximate surface area is 108 Å². The van der Waals surface area contributed by atoms with Crippen LogP contribution in [-0.4, -0.2) is 18.2 Å². The van der Waals surface area contributed by atoms with Crippen LogP contribution in [0.5, 0.6) is 0 Å². The molecule has 0 aliphatic carbocycles. The lowest BCUT2D eigenvalue weighted by atomic mass is 10.1. The lowest BCUT2D eigenvalue weighted by Crippen LogP contribution is -2.45. The molecule has 1 aromatic rings. The molecule has 0 amide bonds. The predicted octanol–water partition coefficient (Wildman–Crippen LogP) is 2.60. The molecule has 3 nitrogen and oxygen atoms in total. The summed E-state index contributed by atoms with van der Waals surface area (Å²) in [4.78, 5) is 0. The lowest BCUT2D eigenvalue weighted by molar-refractivity contribution is 0.201. The number of rotatable bonds is 4. The average Bonchev–Trinajstić information content (AvgIpc) is 2.40. The van der Waals surface area contributed by atoms with Gasteiger partial charge in [0.05, 0.1) is 12.4 Å². The van der Waals surface area contributed by atoms with E-state index < -0.39 is 0 Å². The number of nitrogens with one attached hydrogen (secondary N) is 2. The molecule has 0 saturated heterocycles. The van der Waals surface area contributed by atoms with E-state index in [1.807, 2.05) is 12.3 Å². The van der Waals surface area contributed by atoms with Gasteiger partial charge in [-0.1, -0.05) is 25.5 Å². The van der Waals surface area contributed by atoms with Crippen LogP contribution in [0.3, 0.4) is 0 Å². The zero-order valence-corrected chi connectivity index (χ0v) is 11.0. The topological polar surface area (TPSA) is 27.3 Å². The van der Waals surface area contributed by atoms with Crippen molar-refractivity contribution in [1.29, 1.82) is 0 Å². The largest absolute Gasteiger partial charge is 0.369 e. The standard InChI is InChI=1S/C14H20FN3/c1-3-4-7-18-10-16-14(9-17-18)12-6-5-11(2)13(15)8-12/h5-6,8-9,16-17H,3-4,7,10H2,1-2H3. The van der Waals surface area contributed by atoms with Crippen LogP contribution in [0.1, 0.15) is 30.9 Å². The predicted molar refractivity (Wildman–Crippen MR) is 71.9 cm³/mol. The molecule has 1 aliphatic heterocycles. The first-order valence-electron chi connectivity index (χ1n) is 6.42. The van der Waals surface area contributed by atoms with Crippen molar-refractivity contribution < 1.29 is 4.39 Å². The molecular formula is C14H20FN3. The average molecular weight is 249 g/mol. The van der Waals surface area contributed by atoms with Gasteiger partial charge in [-0.15, -0.1) is 0 Å². The van der Waals surface area contributed by atoms with Crippen molar-refractivity contribution in [1.82, 2.24) is 15.8 Å². The number of hydrogen-bond donors (Lipinski definition) is 2. The van der Waals surface area contributed by atoms with Gasteiger partial charge in [-0.3, -0.25) is 0 Å². The Morgan fingerprint density at radius 1 is 1.39 bits per heavy atom. The van der Waals surface area contributed by atoms with Crippen molar-refractivity contribution >= 4 is 5.70 Å². The highest BCUT2D eigenvalue weighted by molar-refractivity contribution is 5.64. The molecule has 18 heavy (non-hydrogen) atoms. The molecule has 0 aromatic heterocycles. The second kappa shape index (κ2) is 5.87. The van der Waals surface area contributed by atoms with E-state index in [1.165, 1.54) is 6.42 Å². The van der Waals surface area contributed by atoms with Gasteiger partial charge in [-0.25, -0.2) is 9.40 Å². The lowest BCUT2D eigenvalue weighted by Gasteiger charge is -2.29. The Kier molecular flexibility index (Phi) is 4.20. The van der Waals surface area contributed by atoms with Crippen LogP contribution in [0.4, 0.5) is 4.39 Å². The van der Waals surface area contributed by atoms with Gasteiger partial charge in [0.25, 0.3) is 0 Å². The zero-order valence-electron chi connectivity index (χ0n) is 11.0. The molecule has 0 saturated carbocycles. The molecule has 2 N–H and O–H groups in total. The molecule has 1 aliphatic rings. The number of hydrogen-bond acceptors (Lipinski definition) is 3. The summed E-state index contributed by atoms with van der Waals surface area (Å²) in [6.07, 6.45) is 4.23. The fraction of sp³-hybridized carbons (Fsp3) is 0.429. The van der Waals surface area contributed by atoms with Gasteiger partial charge in [0.15, 0.2) is 0 Å². The van der Waals surface area contributed by atoms with Crippen molar-refractivity contribution in [3.8, 4) is 0 Å². The van der Waals surface area contributed by atoms with Crippen molar-refractivity contribution in [2.24, 2.45) is 0 Å². The Hall–Kier alpha value is -1.55. The van der Waals surface area contributed by atoms with E-state index in [2.05, 4.69) is 22.7 Å². The smallest absolute Gasteiger partial charge is 0.126 e. The Balaban J connectivity index is 2.02. The molecule has 0 atom stereocenters. The molecular weight excluding hydrogens is 229 g/mol. The molecule has 0 bridgehead atoms. The quantitative estimate of drug-likeness (QED) is 0.859. The van der Waals surface area contributed by atoms with E-state index in [0.717, 1.165) is 30.9 Å². The van der Waals surface area contributed by atoms with Crippen molar-refractivity contribution in [2.45, 2.75) is 26.7 Å². The van der Waals surface area contributed by atoms with Gasteiger partial charge in [-0.2, -0.15) is 0 Å². The number of nitrogens with zero attached hydrogens (tertiary/aromatic N) is 1. The Morgan fingerprint density at radius 2 is 2.22 bits per heavy atom. The minimum Gasteiger partial charge on any atom is -0.369 e. The minimum absolute atomic E-state index is 0.163. The van der Waals surface area contributed by atoms with Crippen LogP contribution in [0.15, 0.2) is 24.4 Å².